The average Bonchev–Trinajstić information content (AvgIpc) is 2.12. The maximum atomic E-state index is 11.7. The summed E-state index contributed by atoms with van der Waals surface area (Å²) in [7, 11) is 0. The van der Waals surface area contributed by atoms with Gasteiger partial charge in [-0.2, -0.15) is 0 Å². The van der Waals surface area contributed by atoms with Gasteiger partial charge in [0.25, 0.3) is 0 Å². The highest BCUT2D eigenvalue weighted by atomic mass is 16.4. The number of hydrogen-bond donors (Lipinski definition) is 2. The Balaban J connectivity index is 2.28. The summed E-state index contributed by atoms with van der Waals surface area (Å²) in [6, 6.07) is 0. The topological polar surface area (TPSA) is 69.6 Å². The normalized spacial score (nSPS) is 15.8. The van der Waals surface area contributed by atoms with Crippen LogP contribution in [0.2, 0.25) is 0 Å². The monoisotopic (exact) mass is 214 g/mol. The molecule has 1 aliphatic rings. The third-order valence-electron chi connectivity index (χ3n) is 2.66. The molecule has 1 saturated heterocycles. The second-order valence-electron chi connectivity index (χ2n) is 3.85. The fourth-order valence-corrected chi connectivity index (χ4v) is 1.56. The Morgan fingerprint density at radius 1 is 1.47 bits per heavy atom. The molecule has 0 spiro atoms. The summed E-state index contributed by atoms with van der Waals surface area (Å²) in [4.78, 5) is 23.7. The van der Waals surface area contributed by atoms with E-state index in [-0.39, 0.29) is 12.3 Å². The lowest BCUT2D eigenvalue weighted by Crippen LogP contribution is -2.45. The van der Waals surface area contributed by atoms with Gasteiger partial charge in [0.2, 0.25) is 5.91 Å². The molecule has 0 bridgehead atoms. The third kappa shape index (κ3) is 3.87. The molecular formula is C10H18N2O3. The molecule has 1 aliphatic heterocycles. The van der Waals surface area contributed by atoms with E-state index in [1.807, 2.05) is 6.92 Å². The number of carboxylic acids is 1. The SMILES string of the molecule is CCN(CCC(=O)O)C(=O)CC1CNC1. The van der Waals surface area contributed by atoms with Crippen molar-refractivity contribution in [1.29, 1.82) is 0 Å². The molecule has 15 heavy (non-hydrogen) atoms. The Kier molecular flexibility index (Phi) is 4.55. The van der Waals surface area contributed by atoms with Crippen LogP contribution in [0.3, 0.4) is 0 Å². The second-order valence-corrected chi connectivity index (χ2v) is 3.85. The van der Waals surface area contributed by atoms with Crippen molar-refractivity contribution < 1.29 is 14.7 Å². The van der Waals surface area contributed by atoms with Crippen molar-refractivity contribution in [2.24, 2.45) is 5.92 Å². The summed E-state index contributed by atoms with van der Waals surface area (Å²) in [6.45, 7) is 4.60. The van der Waals surface area contributed by atoms with Crippen molar-refractivity contribution in [2.45, 2.75) is 19.8 Å². The molecule has 5 nitrogen and oxygen atoms in total. The smallest absolute Gasteiger partial charge is 0.305 e. The zero-order valence-corrected chi connectivity index (χ0v) is 9.03. The molecule has 2 N–H and O–H groups in total. The Hall–Kier alpha value is -1.10. The molecule has 1 amide bonds. The molecule has 0 aliphatic carbocycles. The zero-order valence-electron chi connectivity index (χ0n) is 9.03. The molecular weight excluding hydrogens is 196 g/mol. The molecule has 5 heteroatoms. The van der Waals surface area contributed by atoms with Gasteiger partial charge in [-0.15, -0.1) is 0 Å². The summed E-state index contributed by atoms with van der Waals surface area (Å²) in [6.07, 6.45) is 0.572. The Labute approximate surface area is 89.4 Å². The Bertz CT molecular complexity index is 239. The van der Waals surface area contributed by atoms with Crippen molar-refractivity contribution in [3.8, 4) is 0 Å². The molecule has 0 aromatic rings. The van der Waals surface area contributed by atoms with Crippen LogP contribution in [0.5, 0.6) is 0 Å². The number of aliphatic carboxylic acids is 1. The van der Waals surface area contributed by atoms with Gasteiger partial charge in [0.15, 0.2) is 0 Å². The van der Waals surface area contributed by atoms with Gasteiger partial charge >= 0.3 is 5.97 Å². The van der Waals surface area contributed by atoms with Crippen LogP contribution in [0.1, 0.15) is 19.8 Å². The van der Waals surface area contributed by atoms with Gasteiger partial charge in [-0.1, -0.05) is 0 Å². The lowest BCUT2D eigenvalue weighted by atomic mass is 9.98. The summed E-state index contributed by atoms with van der Waals surface area (Å²) < 4.78 is 0. The van der Waals surface area contributed by atoms with E-state index >= 15 is 0 Å². The van der Waals surface area contributed by atoms with Crippen LogP contribution in [0.4, 0.5) is 0 Å². The van der Waals surface area contributed by atoms with Gasteiger partial charge in [-0.05, 0) is 25.9 Å². The molecule has 0 aromatic carbocycles. The predicted octanol–water partition coefficient (Wildman–Crippen LogP) is -0.0809. The molecule has 0 saturated carbocycles. The van der Waals surface area contributed by atoms with Gasteiger partial charge < -0.3 is 15.3 Å². The summed E-state index contributed by atoms with van der Waals surface area (Å²) in [5, 5.41) is 11.6. The maximum absolute atomic E-state index is 11.7. The van der Waals surface area contributed by atoms with E-state index in [4.69, 9.17) is 5.11 Å². The minimum Gasteiger partial charge on any atom is -0.481 e. The van der Waals surface area contributed by atoms with Crippen LogP contribution < -0.4 is 5.32 Å². The van der Waals surface area contributed by atoms with Crippen molar-refractivity contribution in [3.63, 3.8) is 0 Å². The van der Waals surface area contributed by atoms with E-state index in [1.54, 1.807) is 4.90 Å². The lowest BCUT2D eigenvalue weighted by Gasteiger charge is -2.29. The number of hydrogen-bond acceptors (Lipinski definition) is 3. The van der Waals surface area contributed by atoms with Gasteiger partial charge in [0, 0.05) is 19.5 Å². The number of carbonyl (C=O) groups is 2. The molecule has 0 atom stereocenters. The summed E-state index contributed by atoms with van der Waals surface area (Å²) >= 11 is 0. The van der Waals surface area contributed by atoms with E-state index < -0.39 is 5.97 Å². The van der Waals surface area contributed by atoms with Crippen molar-refractivity contribution in [3.05, 3.63) is 0 Å². The second kappa shape index (κ2) is 5.70. The van der Waals surface area contributed by atoms with E-state index in [2.05, 4.69) is 5.32 Å². The number of carbonyl (C=O) groups excluding carboxylic acids is 1. The highest BCUT2D eigenvalue weighted by Gasteiger charge is 2.22. The molecule has 0 radical (unpaired) electrons. The zero-order chi connectivity index (χ0) is 11.3. The van der Waals surface area contributed by atoms with E-state index in [1.165, 1.54) is 0 Å². The van der Waals surface area contributed by atoms with Crippen molar-refractivity contribution in [2.75, 3.05) is 26.2 Å². The molecule has 0 aromatic heterocycles. The minimum atomic E-state index is -0.855. The Morgan fingerprint density at radius 2 is 2.13 bits per heavy atom. The fourth-order valence-electron chi connectivity index (χ4n) is 1.56. The molecule has 86 valence electrons. The first-order valence-corrected chi connectivity index (χ1v) is 5.33. The highest BCUT2D eigenvalue weighted by Crippen LogP contribution is 2.10. The predicted molar refractivity (Wildman–Crippen MR) is 55.5 cm³/mol. The van der Waals surface area contributed by atoms with Crippen LogP contribution in [-0.2, 0) is 9.59 Å². The van der Waals surface area contributed by atoms with E-state index in [0.29, 0.717) is 25.4 Å². The van der Waals surface area contributed by atoms with E-state index in [9.17, 15) is 9.59 Å². The van der Waals surface area contributed by atoms with Crippen LogP contribution in [0, 0.1) is 5.92 Å². The van der Waals surface area contributed by atoms with Crippen molar-refractivity contribution in [1.82, 2.24) is 10.2 Å². The van der Waals surface area contributed by atoms with Gasteiger partial charge in [0.1, 0.15) is 0 Å². The Morgan fingerprint density at radius 3 is 2.53 bits per heavy atom. The molecule has 1 heterocycles. The minimum absolute atomic E-state index is 0.0303. The van der Waals surface area contributed by atoms with E-state index in [0.717, 1.165) is 13.1 Å². The first-order valence-electron chi connectivity index (χ1n) is 5.33. The number of nitrogens with zero attached hydrogens (tertiary/aromatic N) is 1. The lowest BCUT2D eigenvalue weighted by molar-refractivity contribution is -0.138. The van der Waals surface area contributed by atoms with Crippen molar-refractivity contribution >= 4 is 11.9 Å². The van der Waals surface area contributed by atoms with Crippen LogP contribution >= 0.6 is 0 Å². The number of amides is 1. The maximum Gasteiger partial charge on any atom is 0.305 e. The van der Waals surface area contributed by atoms with Crippen LogP contribution in [-0.4, -0.2) is 48.1 Å². The number of nitrogens with one attached hydrogen (secondary N) is 1. The first-order chi connectivity index (χ1) is 7.13. The van der Waals surface area contributed by atoms with Gasteiger partial charge in [0.05, 0.1) is 6.42 Å². The largest absolute Gasteiger partial charge is 0.481 e. The van der Waals surface area contributed by atoms with Crippen LogP contribution in [0.15, 0.2) is 0 Å². The highest BCUT2D eigenvalue weighted by molar-refractivity contribution is 5.77. The molecule has 1 fully saturated rings. The number of carboxylic acid groups (broad SMARTS) is 1. The van der Waals surface area contributed by atoms with Gasteiger partial charge in [-0.3, -0.25) is 9.59 Å². The average molecular weight is 214 g/mol. The summed E-state index contributed by atoms with van der Waals surface area (Å²) in [5.74, 6) is -0.340. The first kappa shape index (κ1) is 12.0. The standard InChI is InChI=1S/C10H18N2O3/c1-2-12(4-3-10(14)15)9(13)5-8-6-11-7-8/h8,11H,2-7H2,1H3,(H,14,15). The fraction of sp³-hybridized carbons (Fsp3) is 0.800. The van der Waals surface area contributed by atoms with Gasteiger partial charge in [-0.25, -0.2) is 0 Å². The summed E-state index contributed by atoms with van der Waals surface area (Å²) in [5.41, 5.74) is 0. The third-order valence-corrected chi connectivity index (χ3v) is 2.66. The number of rotatable bonds is 6. The molecule has 1 rings (SSSR count). The quantitative estimate of drug-likeness (QED) is 0.649. The molecule has 0 unspecified atom stereocenters. The van der Waals surface area contributed by atoms with Crippen LogP contribution in [0.25, 0.3) is 0 Å².